The van der Waals surface area contributed by atoms with Crippen molar-refractivity contribution in [2.24, 2.45) is 0 Å². The van der Waals surface area contributed by atoms with Crippen LogP contribution in [-0.2, 0) is 11.2 Å². The van der Waals surface area contributed by atoms with Crippen LogP contribution in [0.15, 0.2) is 24.3 Å². The van der Waals surface area contributed by atoms with Gasteiger partial charge in [0, 0.05) is 20.2 Å². The molecule has 1 rings (SSSR count). The van der Waals surface area contributed by atoms with Crippen molar-refractivity contribution in [3.8, 4) is 0 Å². The Bertz CT molecular complexity index is 307. The van der Waals surface area contributed by atoms with Crippen molar-refractivity contribution in [3.63, 3.8) is 0 Å². The second kappa shape index (κ2) is 7.33. The smallest absolute Gasteiger partial charge is 0.123 e. The molecule has 4 heteroatoms. The lowest BCUT2D eigenvalue weighted by Gasteiger charge is -2.11. The van der Waals surface area contributed by atoms with Gasteiger partial charge in [-0.15, -0.1) is 0 Å². The van der Waals surface area contributed by atoms with E-state index in [1.54, 1.807) is 19.2 Å². The van der Waals surface area contributed by atoms with Gasteiger partial charge in [0.05, 0.1) is 12.7 Å². The third-order valence-corrected chi connectivity index (χ3v) is 2.22. The normalized spacial score (nSPS) is 12.7. The summed E-state index contributed by atoms with van der Waals surface area (Å²) in [5.74, 6) is -0.267. The van der Waals surface area contributed by atoms with E-state index in [0.29, 0.717) is 26.1 Å². The SMILES string of the molecule is COCCNCC(O)Cc1cccc(F)c1. The predicted molar refractivity (Wildman–Crippen MR) is 60.9 cm³/mol. The third kappa shape index (κ3) is 5.21. The van der Waals surface area contributed by atoms with Crippen molar-refractivity contribution in [1.29, 1.82) is 0 Å². The van der Waals surface area contributed by atoms with E-state index in [1.807, 2.05) is 0 Å². The number of rotatable bonds is 7. The molecule has 0 saturated heterocycles. The summed E-state index contributed by atoms with van der Waals surface area (Å²) in [6.45, 7) is 1.81. The molecule has 0 aliphatic rings. The number of ether oxygens (including phenoxy) is 1. The number of hydrogen-bond acceptors (Lipinski definition) is 3. The Balaban J connectivity index is 2.25. The molecule has 90 valence electrons. The van der Waals surface area contributed by atoms with Crippen molar-refractivity contribution in [2.45, 2.75) is 12.5 Å². The predicted octanol–water partition coefficient (Wildman–Crippen LogP) is 0.965. The second-order valence-corrected chi connectivity index (χ2v) is 3.68. The lowest BCUT2D eigenvalue weighted by molar-refractivity contribution is 0.160. The first-order valence-corrected chi connectivity index (χ1v) is 5.34. The maximum atomic E-state index is 12.9. The van der Waals surface area contributed by atoms with Crippen LogP contribution in [0.3, 0.4) is 0 Å². The molecule has 1 aromatic rings. The molecular weight excluding hydrogens is 209 g/mol. The number of benzene rings is 1. The van der Waals surface area contributed by atoms with Crippen LogP contribution in [0, 0.1) is 5.82 Å². The summed E-state index contributed by atoms with van der Waals surface area (Å²) in [6, 6.07) is 6.29. The minimum absolute atomic E-state index is 0.267. The van der Waals surface area contributed by atoms with E-state index in [0.717, 1.165) is 5.56 Å². The monoisotopic (exact) mass is 227 g/mol. The Morgan fingerprint density at radius 3 is 3.00 bits per heavy atom. The summed E-state index contributed by atoms with van der Waals surface area (Å²) in [4.78, 5) is 0. The van der Waals surface area contributed by atoms with Crippen molar-refractivity contribution in [1.82, 2.24) is 5.32 Å². The fraction of sp³-hybridized carbons (Fsp3) is 0.500. The standard InChI is InChI=1S/C12H18FNO2/c1-16-6-5-14-9-12(15)8-10-3-2-4-11(13)7-10/h2-4,7,12,14-15H,5-6,8-9H2,1H3. The molecule has 16 heavy (non-hydrogen) atoms. The zero-order valence-electron chi connectivity index (χ0n) is 9.45. The second-order valence-electron chi connectivity index (χ2n) is 3.68. The van der Waals surface area contributed by atoms with Crippen LogP contribution in [-0.4, -0.2) is 38.0 Å². The van der Waals surface area contributed by atoms with E-state index in [-0.39, 0.29) is 5.82 Å². The minimum Gasteiger partial charge on any atom is -0.391 e. The van der Waals surface area contributed by atoms with Crippen LogP contribution in [0.1, 0.15) is 5.56 Å². The molecule has 0 saturated carbocycles. The Kier molecular flexibility index (Phi) is 6.00. The molecular formula is C12H18FNO2. The van der Waals surface area contributed by atoms with Crippen LogP contribution >= 0.6 is 0 Å². The maximum absolute atomic E-state index is 12.9. The number of aliphatic hydroxyl groups is 1. The number of nitrogens with one attached hydrogen (secondary N) is 1. The molecule has 0 bridgehead atoms. The van der Waals surface area contributed by atoms with Gasteiger partial charge in [-0.05, 0) is 24.1 Å². The lowest BCUT2D eigenvalue weighted by Crippen LogP contribution is -2.30. The molecule has 0 aliphatic heterocycles. The molecule has 0 amide bonds. The zero-order valence-corrected chi connectivity index (χ0v) is 9.45. The van der Waals surface area contributed by atoms with Gasteiger partial charge >= 0.3 is 0 Å². The first kappa shape index (κ1) is 13.1. The summed E-state index contributed by atoms with van der Waals surface area (Å²) >= 11 is 0. The average Bonchev–Trinajstić information content (AvgIpc) is 2.24. The molecule has 2 N–H and O–H groups in total. The number of halogens is 1. The third-order valence-electron chi connectivity index (χ3n) is 2.22. The Hall–Kier alpha value is -0.970. The van der Waals surface area contributed by atoms with E-state index >= 15 is 0 Å². The van der Waals surface area contributed by atoms with Crippen molar-refractivity contribution < 1.29 is 14.2 Å². The summed E-state index contributed by atoms with van der Waals surface area (Å²) in [5, 5.41) is 12.7. The average molecular weight is 227 g/mol. The molecule has 0 aromatic heterocycles. The molecule has 0 fully saturated rings. The lowest BCUT2D eigenvalue weighted by atomic mass is 10.1. The van der Waals surface area contributed by atoms with E-state index in [9.17, 15) is 9.50 Å². The number of methoxy groups -OCH3 is 1. The van der Waals surface area contributed by atoms with Gasteiger partial charge in [-0.2, -0.15) is 0 Å². The highest BCUT2D eigenvalue weighted by molar-refractivity contribution is 5.17. The summed E-state index contributed by atoms with van der Waals surface area (Å²) < 4.78 is 17.7. The molecule has 0 aliphatic carbocycles. The largest absolute Gasteiger partial charge is 0.391 e. The fourth-order valence-electron chi connectivity index (χ4n) is 1.45. The molecule has 3 nitrogen and oxygen atoms in total. The topological polar surface area (TPSA) is 41.5 Å². The van der Waals surface area contributed by atoms with Crippen LogP contribution < -0.4 is 5.32 Å². The first-order chi connectivity index (χ1) is 7.72. The van der Waals surface area contributed by atoms with Gasteiger partial charge < -0.3 is 15.2 Å². The molecule has 0 heterocycles. The summed E-state index contributed by atoms with van der Waals surface area (Å²) in [5.41, 5.74) is 0.807. The van der Waals surface area contributed by atoms with E-state index in [1.165, 1.54) is 12.1 Å². The van der Waals surface area contributed by atoms with Gasteiger partial charge in [0.25, 0.3) is 0 Å². The van der Waals surface area contributed by atoms with E-state index in [2.05, 4.69) is 5.32 Å². The summed E-state index contributed by atoms with van der Waals surface area (Å²) in [7, 11) is 1.63. The van der Waals surface area contributed by atoms with Gasteiger partial charge in [-0.25, -0.2) is 4.39 Å². The number of aliphatic hydroxyl groups excluding tert-OH is 1. The van der Waals surface area contributed by atoms with Crippen LogP contribution in [0.2, 0.25) is 0 Å². The summed E-state index contributed by atoms with van der Waals surface area (Å²) in [6.07, 6.45) is -0.0452. The van der Waals surface area contributed by atoms with Gasteiger partial charge in [0.1, 0.15) is 5.82 Å². The Morgan fingerprint density at radius 1 is 1.50 bits per heavy atom. The van der Waals surface area contributed by atoms with Crippen molar-refractivity contribution in [3.05, 3.63) is 35.6 Å². The van der Waals surface area contributed by atoms with Crippen LogP contribution in [0.4, 0.5) is 4.39 Å². The quantitative estimate of drug-likeness (QED) is 0.682. The number of hydrogen-bond donors (Lipinski definition) is 2. The first-order valence-electron chi connectivity index (χ1n) is 5.34. The molecule has 1 atom stereocenters. The van der Waals surface area contributed by atoms with Gasteiger partial charge in [0.15, 0.2) is 0 Å². The highest BCUT2D eigenvalue weighted by Gasteiger charge is 2.05. The van der Waals surface area contributed by atoms with Gasteiger partial charge in [-0.1, -0.05) is 12.1 Å². The van der Waals surface area contributed by atoms with Gasteiger partial charge in [0.2, 0.25) is 0 Å². The van der Waals surface area contributed by atoms with E-state index in [4.69, 9.17) is 4.74 Å². The minimum atomic E-state index is -0.501. The van der Waals surface area contributed by atoms with E-state index < -0.39 is 6.10 Å². The maximum Gasteiger partial charge on any atom is 0.123 e. The fourth-order valence-corrected chi connectivity index (χ4v) is 1.45. The van der Waals surface area contributed by atoms with Crippen molar-refractivity contribution >= 4 is 0 Å². The highest BCUT2D eigenvalue weighted by atomic mass is 19.1. The molecule has 1 unspecified atom stereocenters. The molecule has 0 radical (unpaired) electrons. The van der Waals surface area contributed by atoms with Crippen LogP contribution in [0.5, 0.6) is 0 Å². The van der Waals surface area contributed by atoms with Crippen LogP contribution in [0.25, 0.3) is 0 Å². The van der Waals surface area contributed by atoms with Crippen molar-refractivity contribution in [2.75, 3.05) is 26.8 Å². The molecule has 1 aromatic carbocycles. The molecule has 0 spiro atoms. The highest BCUT2D eigenvalue weighted by Crippen LogP contribution is 2.06. The Labute approximate surface area is 95.2 Å². The van der Waals surface area contributed by atoms with Gasteiger partial charge in [-0.3, -0.25) is 0 Å². The Morgan fingerprint density at radius 2 is 2.31 bits per heavy atom. The zero-order chi connectivity index (χ0) is 11.8.